The van der Waals surface area contributed by atoms with Crippen LogP contribution in [0.4, 0.5) is 5.69 Å². The standard InChI is InChI=1S/C11H16ClNO/c1-9-4-5-10(8-11(9)12)13-6-2-3-7-14/h4-5,8,13-14H,2-3,6-7H2,1H3. The first kappa shape index (κ1) is 11.3. The lowest BCUT2D eigenvalue weighted by molar-refractivity contribution is 0.286. The number of rotatable bonds is 5. The minimum atomic E-state index is 0.260. The number of aliphatic hydroxyl groups excluding tert-OH is 1. The SMILES string of the molecule is Cc1ccc(NCCCCO)cc1Cl. The lowest BCUT2D eigenvalue weighted by atomic mass is 10.2. The Morgan fingerprint density at radius 2 is 2.14 bits per heavy atom. The monoisotopic (exact) mass is 213 g/mol. The van der Waals surface area contributed by atoms with Gasteiger partial charge < -0.3 is 10.4 Å². The molecule has 0 bridgehead atoms. The molecule has 0 aliphatic heterocycles. The zero-order chi connectivity index (χ0) is 10.4. The molecule has 0 atom stereocenters. The second-order valence-electron chi connectivity index (χ2n) is 3.32. The van der Waals surface area contributed by atoms with Crippen molar-refractivity contribution in [1.82, 2.24) is 0 Å². The number of hydrogen-bond acceptors (Lipinski definition) is 2. The summed E-state index contributed by atoms with van der Waals surface area (Å²) in [6.07, 6.45) is 1.81. The van der Waals surface area contributed by atoms with E-state index in [1.807, 2.05) is 25.1 Å². The molecule has 2 nitrogen and oxygen atoms in total. The summed E-state index contributed by atoms with van der Waals surface area (Å²) in [5, 5.41) is 12.6. The smallest absolute Gasteiger partial charge is 0.0455 e. The van der Waals surface area contributed by atoms with Crippen LogP contribution in [0, 0.1) is 6.92 Å². The summed E-state index contributed by atoms with van der Waals surface area (Å²) >= 11 is 5.97. The van der Waals surface area contributed by atoms with E-state index >= 15 is 0 Å². The van der Waals surface area contributed by atoms with Gasteiger partial charge >= 0.3 is 0 Å². The summed E-state index contributed by atoms with van der Waals surface area (Å²) < 4.78 is 0. The zero-order valence-corrected chi connectivity index (χ0v) is 9.14. The second kappa shape index (κ2) is 5.89. The van der Waals surface area contributed by atoms with Crippen molar-refractivity contribution in [1.29, 1.82) is 0 Å². The molecule has 0 heterocycles. The number of benzene rings is 1. The molecule has 1 aromatic rings. The van der Waals surface area contributed by atoms with Crippen LogP contribution < -0.4 is 5.32 Å². The van der Waals surface area contributed by atoms with E-state index in [2.05, 4.69) is 5.32 Å². The summed E-state index contributed by atoms with van der Waals surface area (Å²) in [6.45, 7) is 3.12. The van der Waals surface area contributed by atoms with Crippen molar-refractivity contribution in [2.45, 2.75) is 19.8 Å². The fraction of sp³-hybridized carbons (Fsp3) is 0.455. The Morgan fingerprint density at radius 1 is 1.36 bits per heavy atom. The summed E-state index contributed by atoms with van der Waals surface area (Å²) in [7, 11) is 0. The molecule has 0 aromatic heterocycles. The van der Waals surface area contributed by atoms with E-state index in [9.17, 15) is 0 Å². The van der Waals surface area contributed by atoms with E-state index in [0.29, 0.717) is 0 Å². The highest BCUT2D eigenvalue weighted by molar-refractivity contribution is 6.31. The highest BCUT2D eigenvalue weighted by atomic mass is 35.5. The molecule has 3 heteroatoms. The van der Waals surface area contributed by atoms with Crippen LogP contribution in [0.1, 0.15) is 18.4 Å². The van der Waals surface area contributed by atoms with E-state index in [4.69, 9.17) is 16.7 Å². The molecule has 0 fully saturated rings. The topological polar surface area (TPSA) is 32.3 Å². The first-order valence-electron chi connectivity index (χ1n) is 4.85. The predicted molar refractivity (Wildman–Crippen MR) is 61.0 cm³/mol. The maximum atomic E-state index is 8.60. The van der Waals surface area contributed by atoms with Crippen molar-refractivity contribution in [2.24, 2.45) is 0 Å². The number of nitrogens with one attached hydrogen (secondary N) is 1. The minimum Gasteiger partial charge on any atom is -0.396 e. The summed E-state index contributed by atoms with van der Waals surface area (Å²) in [6, 6.07) is 5.94. The van der Waals surface area contributed by atoms with Crippen molar-refractivity contribution in [3.8, 4) is 0 Å². The summed E-state index contributed by atoms with van der Waals surface area (Å²) in [5.74, 6) is 0. The number of aryl methyl sites for hydroxylation is 1. The van der Waals surface area contributed by atoms with Gasteiger partial charge in [-0.05, 0) is 37.5 Å². The van der Waals surface area contributed by atoms with Crippen LogP contribution in [-0.2, 0) is 0 Å². The molecule has 1 rings (SSSR count). The number of hydrogen-bond donors (Lipinski definition) is 2. The Bertz CT molecular complexity index is 289. The molecule has 0 unspecified atom stereocenters. The average Bonchev–Trinajstić information content (AvgIpc) is 2.18. The molecule has 0 radical (unpaired) electrons. The Hall–Kier alpha value is -0.730. The number of aliphatic hydroxyl groups is 1. The highest BCUT2D eigenvalue weighted by Gasteiger charge is 1.96. The Labute approximate surface area is 89.9 Å². The maximum Gasteiger partial charge on any atom is 0.0455 e. The molecule has 78 valence electrons. The molecule has 2 N–H and O–H groups in total. The fourth-order valence-corrected chi connectivity index (χ4v) is 1.35. The zero-order valence-electron chi connectivity index (χ0n) is 8.39. The van der Waals surface area contributed by atoms with Crippen LogP contribution in [0.25, 0.3) is 0 Å². The van der Waals surface area contributed by atoms with Gasteiger partial charge in [-0.1, -0.05) is 17.7 Å². The third-order valence-electron chi connectivity index (χ3n) is 2.09. The third-order valence-corrected chi connectivity index (χ3v) is 2.49. The van der Waals surface area contributed by atoms with E-state index in [1.54, 1.807) is 0 Å². The minimum absolute atomic E-state index is 0.260. The van der Waals surface area contributed by atoms with Crippen molar-refractivity contribution < 1.29 is 5.11 Å². The van der Waals surface area contributed by atoms with Gasteiger partial charge in [-0.25, -0.2) is 0 Å². The molecule has 0 amide bonds. The fourth-order valence-electron chi connectivity index (χ4n) is 1.17. The molecular weight excluding hydrogens is 198 g/mol. The molecule has 0 aliphatic rings. The highest BCUT2D eigenvalue weighted by Crippen LogP contribution is 2.19. The lowest BCUT2D eigenvalue weighted by Crippen LogP contribution is -2.02. The van der Waals surface area contributed by atoms with Gasteiger partial charge in [0, 0.05) is 23.9 Å². The van der Waals surface area contributed by atoms with E-state index in [-0.39, 0.29) is 6.61 Å². The van der Waals surface area contributed by atoms with Crippen LogP contribution in [0.5, 0.6) is 0 Å². The first-order valence-corrected chi connectivity index (χ1v) is 5.22. The van der Waals surface area contributed by atoms with Crippen molar-refractivity contribution in [3.63, 3.8) is 0 Å². The molecule has 0 saturated carbocycles. The van der Waals surface area contributed by atoms with Crippen LogP contribution in [0.2, 0.25) is 5.02 Å². The molecular formula is C11H16ClNO. The number of halogens is 1. The van der Waals surface area contributed by atoms with Gasteiger partial charge in [0.25, 0.3) is 0 Å². The van der Waals surface area contributed by atoms with Crippen molar-refractivity contribution >= 4 is 17.3 Å². The average molecular weight is 214 g/mol. The molecule has 1 aromatic carbocycles. The normalized spacial score (nSPS) is 10.2. The van der Waals surface area contributed by atoms with Gasteiger partial charge in [0.2, 0.25) is 0 Å². The quantitative estimate of drug-likeness (QED) is 0.738. The predicted octanol–water partition coefficient (Wildman–Crippen LogP) is 2.83. The Balaban J connectivity index is 2.39. The first-order chi connectivity index (χ1) is 6.74. The largest absolute Gasteiger partial charge is 0.396 e. The number of anilines is 1. The summed E-state index contributed by atoms with van der Waals surface area (Å²) in [4.78, 5) is 0. The van der Waals surface area contributed by atoms with Crippen LogP contribution in [0.15, 0.2) is 18.2 Å². The van der Waals surface area contributed by atoms with E-state index in [0.717, 1.165) is 35.7 Å². The van der Waals surface area contributed by atoms with Gasteiger partial charge in [-0.15, -0.1) is 0 Å². The summed E-state index contributed by atoms with van der Waals surface area (Å²) in [5.41, 5.74) is 2.13. The molecule has 0 spiro atoms. The number of unbranched alkanes of at least 4 members (excludes halogenated alkanes) is 1. The Kier molecular flexibility index (Phi) is 4.77. The van der Waals surface area contributed by atoms with Gasteiger partial charge in [-0.3, -0.25) is 0 Å². The molecule has 0 saturated heterocycles. The van der Waals surface area contributed by atoms with Gasteiger partial charge in [0.1, 0.15) is 0 Å². The van der Waals surface area contributed by atoms with Crippen LogP contribution in [-0.4, -0.2) is 18.3 Å². The molecule has 14 heavy (non-hydrogen) atoms. The van der Waals surface area contributed by atoms with Gasteiger partial charge in [0.15, 0.2) is 0 Å². The van der Waals surface area contributed by atoms with Crippen molar-refractivity contribution in [2.75, 3.05) is 18.5 Å². The maximum absolute atomic E-state index is 8.60. The Morgan fingerprint density at radius 3 is 2.79 bits per heavy atom. The van der Waals surface area contributed by atoms with E-state index < -0.39 is 0 Å². The van der Waals surface area contributed by atoms with Crippen LogP contribution in [0.3, 0.4) is 0 Å². The lowest BCUT2D eigenvalue weighted by Gasteiger charge is -2.07. The van der Waals surface area contributed by atoms with Crippen LogP contribution >= 0.6 is 11.6 Å². The van der Waals surface area contributed by atoms with E-state index in [1.165, 1.54) is 0 Å². The van der Waals surface area contributed by atoms with Gasteiger partial charge in [-0.2, -0.15) is 0 Å². The van der Waals surface area contributed by atoms with Gasteiger partial charge in [0.05, 0.1) is 0 Å². The molecule has 0 aliphatic carbocycles. The third kappa shape index (κ3) is 3.56. The van der Waals surface area contributed by atoms with Crippen molar-refractivity contribution in [3.05, 3.63) is 28.8 Å². The second-order valence-corrected chi connectivity index (χ2v) is 3.73.